The zero-order chi connectivity index (χ0) is 20.5. The van der Waals surface area contributed by atoms with Crippen LogP contribution >= 0.6 is 0 Å². The quantitative estimate of drug-likeness (QED) is 0.672. The molecule has 29 heavy (non-hydrogen) atoms. The van der Waals surface area contributed by atoms with Crippen molar-refractivity contribution in [3.8, 4) is 0 Å². The summed E-state index contributed by atoms with van der Waals surface area (Å²) in [5, 5.41) is 1.93. The van der Waals surface area contributed by atoms with Crippen LogP contribution in [-0.2, 0) is 6.42 Å². The summed E-state index contributed by atoms with van der Waals surface area (Å²) in [5.74, 6) is -0.631. The van der Waals surface area contributed by atoms with Crippen LogP contribution in [0.1, 0.15) is 36.5 Å². The smallest absolute Gasteiger partial charge is 0.308 e. The van der Waals surface area contributed by atoms with E-state index in [1.165, 1.54) is 28.9 Å². The number of imidazole rings is 1. The molecule has 1 aliphatic heterocycles. The number of piperidine rings is 1. The van der Waals surface area contributed by atoms with Crippen LogP contribution in [-0.4, -0.2) is 28.2 Å². The van der Waals surface area contributed by atoms with E-state index in [2.05, 4.69) is 0 Å². The van der Waals surface area contributed by atoms with E-state index < -0.39 is 11.5 Å². The Morgan fingerprint density at radius 3 is 2.31 bits per heavy atom. The van der Waals surface area contributed by atoms with Crippen LogP contribution in [0.3, 0.4) is 0 Å². The van der Waals surface area contributed by atoms with Gasteiger partial charge in [-0.1, -0.05) is 19.1 Å². The molecule has 5 nitrogen and oxygen atoms in total. The van der Waals surface area contributed by atoms with Gasteiger partial charge in [-0.05, 0) is 55.0 Å². The summed E-state index contributed by atoms with van der Waals surface area (Å²) in [5.41, 5.74) is 1.49. The van der Waals surface area contributed by atoms with Crippen LogP contribution in [0.15, 0.2) is 47.3 Å². The number of nitrogens with zero attached hydrogens (tertiary/aromatic N) is 3. The molecule has 3 aromatic rings. The number of carbonyl (C=O) groups is 1. The molecule has 0 radical (unpaired) electrons. The molecule has 4 rings (SSSR count). The highest BCUT2D eigenvalue weighted by atomic mass is 19.1. The first-order chi connectivity index (χ1) is 14.0. The number of hydrogen-bond acceptors (Lipinski definition) is 3. The average Bonchev–Trinajstić information content (AvgIpc) is 3.01. The van der Waals surface area contributed by atoms with Crippen molar-refractivity contribution in [3.05, 3.63) is 70.1 Å². The van der Waals surface area contributed by atoms with E-state index in [9.17, 15) is 18.4 Å². The lowest BCUT2D eigenvalue weighted by Gasteiger charge is -2.33. The summed E-state index contributed by atoms with van der Waals surface area (Å²) in [4.78, 5) is 25.3. The largest absolute Gasteiger partial charge is 0.354 e. The average molecular weight is 399 g/mol. The Hall–Kier alpha value is -2.96. The Bertz CT molecular complexity index is 1090. The fraction of sp³-hybridized carbons (Fsp3) is 0.364. The number of rotatable bonds is 4. The summed E-state index contributed by atoms with van der Waals surface area (Å²) in [6.45, 7) is 2.99. The Labute approximate surface area is 167 Å². The molecular weight excluding hydrogens is 376 g/mol. The maximum absolute atomic E-state index is 13.8. The normalized spacial score (nSPS) is 15.2. The van der Waals surface area contributed by atoms with Gasteiger partial charge in [-0.25, -0.2) is 22.8 Å². The van der Waals surface area contributed by atoms with E-state index in [0.29, 0.717) is 30.0 Å². The monoisotopic (exact) mass is 399 g/mol. The Morgan fingerprint density at radius 1 is 1.00 bits per heavy atom. The fourth-order valence-electron chi connectivity index (χ4n) is 4.11. The van der Waals surface area contributed by atoms with Gasteiger partial charge in [0.05, 0.1) is 11.0 Å². The first kappa shape index (κ1) is 19.4. The van der Waals surface area contributed by atoms with Crippen molar-refractivity contribution < 1.29 is 13.6 Å². The van der Waals surface area contributed by atoms with Gasteiger partial charge >= 0.3 is 5.69 Å². The van der Waals surface area contributed by atoms with Crippen LogP contribution in [0.25, 0.3) is 11.0 Å². The molecule has 0 atom stereocenters. The van der Waals surface area contributed by atoms with Gasteiger partial charge in [0.1, 0.15) is 11.6 Å². The third kappa shape index (κ3) is 3.69. The fourth-order valence-corrected chi connectivity index (χ4v) is 4.11. The number of hydrogen-bond donors (Lipinski definition) is 0. The highest BCUT2D eigenvalue weighted by molar-refractivity contribution is 5.90. The number of benzene rings is 2. The van der Waals surface area contributed by atoms with Gasteiger partial charge in [-0.15, -0.1) is 0 Å². The van der Waals surface area contributed by atoms with Crippen LogP contribution in [0, 0.1) is 17.6 Å². The first-order valence-electron chi connectivity index (χ1n) is 9.94. The van der Waals surface area contributed by atoms with Crippen LogP contribution < -0.4 is 10.7 Å². The summed E-state index contributed by atoms with van der Waals surface area (Å²) in [7, 11) is 0. The van der Waals surface area contributed by atoms with Gasteiger partial charge in [0, 0.05) is 25.6 Å². The maximum Gasteiger partial charge on any atom is 0.354 e. The van der Waals surface area contributed by atoms with E-state index >= 15 is 0 Å². The predicted octanol–water partition coefficient (Wildman–Crippen LogP) is 3.72. The molecule has 2 heterocycles. The molecular formula is C22H23F2N3O2. The second-order valence-electron chi connectivity index (χ2n) is 7.54. The van der Waals surface area contributed by atoms with Crippen LogP contribution in [0.5, 0.6) is 0 Å². The van der Waals surface area contributed by atoms with Crippen molar-refractivity contribution >= 4 is 16.9 Å². The van der Waals surface area contributed by atoms with Gasteiger partial charge < -0.3 is 5.01 Å². The minimum absolute atomic E-state index is 0.162. The number of aromatic nitrogens is 2. The molecule has 0 bridgehead atoms. The SMILES string of the molecule is CCC(=O)n1c(=O)n(N2CCC(Cc3ccc(F)cc3)CC2)c2ccc(F)cc21. The Kier molecular flexibility index (Phi) is 5.22. The molecule has 1 saturated heterocycles. The lowest BCUT2D eigenvalue weighted by atomic mass is 9.91. The Morgan fingerprint density at radius 2 is 1.66 bits per heavy atom. The van der Waals surface area contributed by atoms with Crippen molar-refractivity contribution in [2.24, 2.45) is 5.92 Å². The van der Waals surface area contributed by atoms with Gasteiger partial charge in [-0.3, -0.25) is 4.79 Å². The van der Waals surface area contributed by atoms with Crippen molar-refractivity contribution in [3.63, 3.8) is 0 Å². The second-order valence-corrected chi connectivity index (χ2v) is 7.54. The third-order valence-corrected chi connectivity index (χ3v) is 5.64. The molecule has 0 amide bonds. The van der Waals surface area contributed by atoms with Crippen molar-refractivity contribution in [1.29, 1.82) is 0 Å². The summed E-state index contributed by atoms with van der Waals surface area (Å²) >= 11 is 0. The van der Waals surface area contributed by atoms with Crippen molar-refractivity contribution in [2.45, 2.75) is 32.6 Å². The first-order valence-corrected chi connectivity index (χ1v) is 9.94. The molecule has 7 heteroatoms. The van der Waals surface area contributed by atoms with Crippen LogP contribution in [0.2, 0.25) is 0 Å². The summed E-state index contributed by atoms with van der Waals surface area (Å²) < 4.78 is 29.5. The number of carbonyl (C=O) groups excluding carboxylic acids is 1. The molecule has 2 aromatic carbocycles. The zero-order valence-electron chi connectivity index (χ0n) is 16.3. The zero-order valence-corrected chi connectivity index (χ0v) is 16.3. The molecule has 1 fully saturated rings. The highest BCUT2D eigenvalue weighted by Gasteiger charge is 2.25. The van der Waals surface area contributed by atoms with E-state index in [1.54, 1.807) is 13.0 Å². The molecule has 1 aromatic heterocycles. The third-order valence-electron chi connectivity index (χ3n) is 5.64. The molecule has 1 aliphatic rings. The van der Waals surface area contributed by atoms with E-state index in [-0.39, 0.29) is 18.1 Å². The standard InChI is InChI=1S/C22H23F2N3O2/c1-2-21(28)26-20-14-18(24)7-8-19(20)27(22(26)29)25-11-9-16(10-12-25)13-15-3-5-17(23)6-4-15/h3-8,14,16H,2,9-13H2,1H3. The molecule has 0 spiro atoms. The predicted molar refractivity (Wildman–Crippen MR) is 108 cm³/mol. The van der Waals surface area contributed by atoms with Gasteiger partial charge in [0.25, 0.3) is 0 Å². The number of halogens is 2. The van der Waals surface area contributed by atoms with Gasteiger partial charge in [0.15, 0.2) is 0 Å². The molecule has 152 valence electrons. The Balaban J connectivity index is 1.58. The van der Waals surface area contributed by atoms with Gasteiger partial charge in [-0.2, -0.15) is 0 Å². The highest BCUT2D eigenvalue weighted by Crippen LogP contribution is 2.23. The second kappa shape index (κ2) is 7.81. The minimum atomic E-state index is -0.481. The minimum Gasteiger partial charge on any atom is -0.308 e. The van der Waals surface area contributed by atoms with Gasteiger partial charge in [0.2, 0.25) is 5.91 Å². The van der Waals surface area contributed by atoms with Crippen molar-refractivity contribution in [1.82, 2.24) is 9.24 Å². The van der Waals surface area contributed by atoms with E-state index in [4.69, 9.17) is 0 Å². The lowest BCUT2D eigenvalue weighted by Crippen LogP contribution is -2.47. The maximum atomic E-state index is 13.8. The summed E-state index contributed by atoms with van der Waals surface area (Å²) in [6.07, 6.45) is 2.78. The number of fused-ring (bicyclic) bond motifs is 1. The molecule has 0 unspecified atom stereocenters. The van der Waals surface area contributed by atoms with E-state index in [1.807, 2.05) is 17.1 Å². The summed E-state index contributed by atoms with van der Waals surface area (Å²) in [6, 6.07) is 10.7. The van der Waals surface area contributed by atoms with Crippen LogP contribution in [0.4, 0.5) is 8.78 Å². The van der Waals surface area contributed by atoms with Crippen molar-refractivity contribution in [2.75, 3.05) is 18.1 Å². The molecule has 0 saturated carbocycles. The topological polar surface area (TPSA) is 47.2 Å². The lowest BCUT2D eigenvalue weighted by molar-refractivity contribution is 0.0908. The molecule has 0 aliphatic carbocycles. The molecule has 0 N–H and O–H groups in total. The van der Waals surface area contributed by atoms with E-state index in [0.717, 1.165) is 29.4 Å².